The first-order valence-corrected chi connectivity index (χ1v) is 28.0. The van der Waals surface area contributed by atoms with E-state index in [0.717, 1.165) is 25.7 Å². The predicted octanol–water partition coefficient (Wildman–Crippen LogP) is 12.5. The zero-order valence-electron chi connectivity index (χ0n) is 39.5. The molecule has 322 valence electrons. The number of nitrogens with zero attached hydrogens (tertiary/aromatic N) is 3. The van der Waals surface area contributed by atoms with Crippen molar-refractivity contribution in [1.82, 2.24) is 0 Å². The van der Waals surface area contributed by atoms with E-state index in [9.17, 15) is 0 Å². The molecule has 4 heterocycles. The van der Waals surface area contributed by atoms with E-state index in [4.69, 9.17) is 0 Å². The van der Waals surface area contributed by atoms with Crippen LogP contribution in [0.3, 0.4) is 0 Å². The van der Waals surface area contributed by atoms with Crippen molar-refractivity contribution in [2.75, 3.05) is 14.7 Å². The lowest BCUT2D eigenvalue weighted by Crippen LogP contribution is -2.65. The molecule has 0 spiro atoms. The maximum absolute atomic E-state index is 2.96. The molecular weight excluding hydrogens is 802 g/mol. The van der Waals surface area contributed by atoms with Gasteiger partial charge in [-0.15, -0.1) is 0 Å². The molecule has 4 atom stereocenters. The standard InChI is InChI=1S/C60H60BN3Si/c1-39-19-18-23-43(33-39)62-52-34-40(2)27-28-49(52)61-50-38-45(65(6,7)8)37-48-56(50)64(58(4)30-16-17-31-60(48,58)42-21-10-9-11-22-42)54-36-44(35-53(62)55(54)61)63-51-26-15-14-25-47(51)57(3)32-29-41-20-12-13-24-46(41)59(57,63)5/h9-15,18-28,33-38H,16-17,29-32H2,1-8H3. The van der Waals surface area contributed by atoms with Gasteiger partial charge in [0.25, 0.3) is 6.71 Å². The van der Waals surface area contributed by atoms with Crippen LogP contribution in [0, 0.1) is 13.8 Å². The lowest BCUT2D eigenvalue weighted by molar-refractivity contribution is 0.215. The van der Waals surface area contributed by atoms with E-state index in [1.807, 2.05) is 0 Å². The van der Waals surface area contributed by atoms with Gasteiger partial charge in [-0.2, -0.15) is 0 Å². The van der Waals surface area contributed by atoms with Gasteiger partial charge < -0.3 is 14.7 Å². The molecule has 7 aromatic carbocycles. The number of anilines is 7. The second-order valence-corrected chi connectivity index (χ2v) is 27.4. The van der Waals surface area contributed by atoms with Gasteiger partial charge in [-0.1, -0.05) is 154 Å². The number of fused-ring (bicyclic) bond motifs is 12. The molecule has 65 heavy (non-hydrogen) atoms. The zero-order valence-corrected chi connectivity index (χ0v) is 40.5. The molecule has 2 aliphatic carbocycles. The Bertz CT molecular complexity index is 3170. The molecule has 6 aliphatic rings. The third kappa shape index (κ3) is 4.88. The fraction of sp³-hybridized carbons (Fsp3) is 0.300. The van der Waals surface area contributed by atoms with Crippen LogP contribution in [-0.2, 0) is 22.8 Å². The summed E-state index contributed by atoms with van der Waals surface area (Å²) in [6, 6.07) is 57.9. The van der Waals surface area contributed by atoms with E-state index in [1.165, 1.54) is 102 Å². The monoisotopic (exact) mass is 861 g/mol. The minimum absolute atomic E-state index is 0.0886. The van der Waals surface area contributed by atoms with Gasteiger partial charge in [-0.3, -0.25) is 0 Å². The van der Waals surface area contributed by atoms with Gasteiger partial charge in [0.2, 0.25) is 0 Å². The molecule has 5 heteroatoms. The summed E-state index contributed by atoms with van der Waals surface area (Å²) in [5.41, 5.74) is 23.0. The van der Waals surface area contributed by atoms with Gasteiger partial charge in [0.05, 0.1) is 19.2 Å². The minimum Gasteiger partial charge on any atom is -0.335 e. The smallest absolute Gasteiger partial charge is 0.252 e. The number of rotatable bonds is 4. The summed E-state index contributed by atoms with van der Waals surface area (Å²) >= 11 is 0. The fourth-order valence-electron chi connectivity index (χ4n) is 14.7. The average molecular weight is 862 g/mol. The molecule has 3 nitrogen and oxygen atoms in total. The molecule has 4 aliphatic heterocycles. The quantitative estimate of drug-likeness (QED) is 0.163. The maximum Gasteiger partial charge on any atom is 0.252 e. The molecule has 0 bridgehead atoms. The number of hydrogen-bond donors (Lipinski definition) is 0. The Kier molecular flexibility index (Phi) is 8.03. The Balaban J connectivity index is 1.20. The predicted molar refractivity (Wildman–Crippen MR) is 279 cm³/mol. The number of aryl methyl sites for hydroxylation is 3. The van der Waals surface area contributed by atoms with E-state index in [1.54, 1.807) is 10.8 Å². The largest absolute Gasteiger partial charge is 0.335 e. The highest BCUT2D eigenvalue weighted by Gasteiger charge is 2.65. The van der Waals surface area contributed by atoms with E-state index >= 15 is 0 Å². The Morgan fingerprint density at radius 2 is 1.26 bits per heavy atom. The van der Waals surface area contributed by atoms with Gasteiger partial charge in [0, 0.05) is 50.6 Å². The molecule has 0 N–H and O–H groups in total. The maximum atomic E-state index is 2.96. The second-order valence-electron chi connectivity index (χ2n) is 22.3. The molecule has 7 aromatic rings. The molecule has 0 amide bonds. The molecule has 13 rings (SSSR count). The van der Waals surface area contributed by atoms with Crippen molar-refractivity contribution >= 4 is 76.2 Å². The van der Waals surface area contributed by atoms with Gasteiger partial charge in [-0.25, -0.2) is 0 Å². The normalized spacial score (nSPS) is 25.3. The highest BCUT2D eigenvalue weighted by molar-refractivity contribution is 7.01. The number of benzene rings is 7. The lowest BCUT2D eigenvalue weighted by atomic mass is 9.33. The summed E-state index contributed by atoms with van der Waals surface area (Å²) < 4.78 is 0. The fourth-order valence-corrected chi connectivity index (χ4v) is 15.9. The number of hydrogen-bond acceptors (Lipinski definition) is 3. The van der Waals surface area contributed by atoms with Gasteiger partial charge in [0.15, 0.2) is 0 Å². The van der Waals surface area contributed by atoms with Crippen molar-refractivity contribution in [3.63, 3.8) is 0 Å². The highest BCUT2D eigenvalue weighted by Crippen LogP contribution is 2.67. The van der Waals surface area contributed by atoms with Crippen LogP contribution in [0.5, 0.6) is 0 Å². The Morgan fingerprint density at radius 1 is 0.538 bits per heavy atom. The Labute approximate surface area is 388 Å². The van der Waals surface area contributed by atoms with E-state index < -0.39 is 8.07 Å². The Morgan fingerprint density at radius 3 is 2.06 bits per heavy atom. The molecule has 4 unspecified atom stereocenters. The van der Waals surface area contributed by atoms with Crippen LogP contribution < -0.4 is 36.3 Å². The van der Waals surface area contributed by atoms with Crippen molar-refractivity contribution < 1.29 is 0 Å². The molecule has 0 saturated heterocycles. The van der Waals surface area contributed by atoms with Gasteiger partial charge in [-0.05, 0) is 145 Å². The van der Waals surface area contributed by atoms with Gasteiger partial charge >= 0.3 is 0 Å². The lowest BCUT2D eigenvalue weighted by Gasteiger charge is -2.55. The Hall–Kier alpha value is -5.78. The third-order valence-electron chi connectivity index (χ3n) is 18.0. The van der Waals surface area contributed by atoms with E-state index in [-0.39, 0.29) is 28.6 Å². The van der Waals surface area contributed by atoms with Crippen LogP contribution in [0.15, 0.2) is 146 Å². The molecule has 0 aromatic heterocycles. The molecule has 0 radical (unpaired) electrons. The first-order valence-electron chi connectivity index (χ1n) is 24.5. The summed E-state index contributed by atoms with van der Waals surface area (Å²) in [5.74, 6) is 0. The minimum atomic E-state index is -1.80. The third-order valence-corrected chi connectivity index (χ3v) is 20.0. The summed E-state index contributed by atoms with van der Waals surface area (Å²) in [4.78, 5) is 8.42. The van der Waals surface area contributed by atoms with Crippen LogP contribution in [0.1, 0.15) is 91.8 Å². The first kappa shape index (κ1) is 39.6. The average Bonchev–Trinajstić information content (AvgIpc) is 3.67. The molecule has 1 fully saturated rings. The topological polar surface area (TPSA) is 9.72 Å². The van der Waals surface area contributed by atoms with Crippen molar-refractivity contribution in [3.05, 3.63) is 185 Å². The summed E-state index contributed by atoms with van der Waals surface area (Å²) in [7, 11) is -1.80. The summed E-state index contributed by atoms with van der Waals surface area (Å²) in [5, 5.41) is 1.57. The summed E-state index contributed by atoms with van der Waals surface area (Å²) in [6.45, 7) is 20.1. The van der Waals surface area contributed by atoms with Gasteiger partial charge in [0.1, 0.15) is 0 Å². The van der Waals surface area contributed by atoms with Crippen molar-refractivity contribution in [3.8, 4) is 0 Å². The van der Waals surface area contributed by atoms with E-state index in [0.29, 0.717) is 0 Å². The SMILES string of the molecule is Cc1cccc(N2c3cc(C)ccc3B3c4cc([Si](C)(C)C)cc5c4N(c4cc(N6c7ccccc7C7(C)CCc8ccccc8C67C)cc2c43)C2(C)CCCCC52c2ccccc2)c1. The van der Waals surface area contributed by atoms with Crippen molar-refractivity contribution in [1.29, 1.82) is 0 Å². The zero-order chi connectivity index (χ0) is 44.4. The van der Waals surface area contributed by atoms with Crippen LogP contribution in [-0.4, -0.2) is 20.3 Å². The van der Waals surface area contributed by atoms with Crippen LogP contribution >= 0.6 is 0 Å². The molecular formula is C60H60BN3Si. The van der Waals surface area contributed by atoms with E-state index in [2.05, 4.69) is 215 Å². The van der Waals surface area contributed by atoms with Crippen LogP contribution in [0.25, 0.3) is 0 Å². The van der Waals surface area contributed by atoms with Crippen LogP contribution in [0.2, 0.25) is 19.6 Å². The van der Waals surface area contributed by atoms with Crippen molar-refractivity contribution in [2.45, 2.75) is 115 Å². The van der Waals surface area contributed by atoms with Crippen LogP contribution in [0.4, 0.5) is 39.8 Å². The molecule has 1 saturated carbocycles. The van der Waals surface area contributed by atoms with Crippen molar-refractivity contribution in [2.24, 2.45) is 0 Å². The summed E-state index contributed by atoms with van der Waals surface area (Å²) in [6.07, 6.45) is 6.93. The second kappa shape index (κ2) is 13.2. The first-order chi connectivity index (χ1) is 31.3. The highest BCUT2D eigenvalue weighted by atomic mass is 28.3. The number of para-hydroxylation sites is 1.